The molecule has 96 valence electrons. The van der Waals surface area contributed by atoms with Crippen LogP contribution in [-0.4, -0.2) is 35.4 Å². The molecule has 0 atom stereocenters. The Morgan fingerprint density at radius 2 is 2.00 bits per heavy atom. The molecule has 1 heterocycles. The van der Waals surface area contributed by atoms with Crippen LogP contribution >= 0.6 is 0 Å². The summed E-state index contributed by atoms with van der Waals surface area (Å²) >= 11 is 0. The molecule has 0 bridgehead atoms. The lowest BCUT2D eigenvalue weighted by Gasteiger charge is -2.13. The summed E-state index contributed by atoms with van der Waals surface area (Å²) in [6.07, 6.45) is 2.22. The topological polar surface area (TPSA) is 75.5 Å². The normalized spacial score (nSPS) is 15.6. The van der Waals surface area contributed by atoms with Crippen LogP contribution in [0.2, 0.25) is 0 Å². The summed E-state index contributed by atoms with van der Waals surface area (Å²) < 4.78 is 0. The lowest BCUT2D eigenvalue weighted by molar-refractivity contribution is -0.383. The molecule has 1 amide bonds. The Kier molecular flexibility index (Phi) is 3.88. The minimum Gasteiger partial charge on any atom is -0.319 e. The molecule has 1 aromatic rings. The number of rotatable bonds is 4. The maximum atomic E-state index is 11.8. The first-order chi connectivity index (χ1) is 8.66. The summed E-state index contributed by atoms with van der Waals surface area (Å²) in [7, 11) is 0. The molecular formula is C12H15N3O3. The molecule has 6 nitrogen and oxygen atoms in total. The monoisotopic (exact) mass is 249 g/mol. The van der Waals surface area contributed by atoms with Gasteiger partial charge in [0.25, 0.3) is 5.69 Å². The van der Waals surface area contributed by atoms with E-state index in [2.05, 4.69) is 5.32 Å². The molecule has 1 aliphatic heterocycles. The van der Waals surface area contributed by atoms with Crippen LogP contribution in [0.3, 0.4) is 0 Å². The summed E-state index contributed by atoms with van der Waals surface area (Å²) in [6, 6.07) is 6.16. The number of amides is 1. The van der Waals surface area contributed by atoms with Gasteiger partial charge in [0.2, 0.25) is 5.91 Å². The lowest BCUT2D eigenvalue weighted by atomic mass is 10.2. The molecule has 0 aromatic heterocycles. The van der Waals surface area contributed by atoms with E-state index in [0.29, 0.717) is 6.54 Å². The highest BCUT2D eigenvalue weighted by Gasteiger charge is 2.18. The van der Waals surface area contributed by atoms with Crippen LogP contribution in [-0.2, 0) is 4.79 Å². The number of carbonyl (C=O) groups is 1. The van der Waals surface area contributed by atoms with E-state index in [1.165, 1.54) is 6.07 Å². The van der Waals surface area contributed by atoms with Crippen molar-refractivity contribution in [3.63, 3.8) is 0 Å². The molecule has 0 radical (unpaired) electrons. The van der Waals surface area contributed by atoms with Crippen molar-refractivity contribution >= 4 is 17.3 Å². The van der Waals surface area contributed by atoms with Gasteiger partial charge in [-0.2, -0.15) is 0 Å². The van der Waals surface area contributed by atoms with Gasteiger partial charge >= 0.3 is 0 Å². The maximum absolute atomic E-state index is 11.8. The number of para-hydroxylation sites is 2. The fourth-order valence-electron chi connectivity index (χ4n) is 2.07. The summed E-state index contributed by atoms with van der Waals surface area (Å²) in [5.74, 6) is -0.203. The zero-order valence-electron chi connectivity index (χ0n) is 9.96. The predicted molar refractivity (Wildman–Crippen MR) is 67.4 cm³/mol. The number of likely N-dealkylation sites (tertiary alicyclic amines) is 1. The van der Waals surface area contributed by atoms with Gasteiger partial charge in [-0.05, 0) is 32.0 Å². The zero-order valence-corrected chi connectivity index (χ0v) is 9.96. The summed E-state index contributed by atoms with van der Waals surface area (Å²) in [4.78, 5) is 24.1. The second-order valence-electron chi connectivity index (χ2n) is 4.31. The second kappa shape index (κ2) is 5.59. The van der Waals surface area contributed by atoms with Gasteiger partial charge in [-0.25, -0.2) is 0 Å². The Morgan fingerprint density at radius 3 is 2.67 bits per heavy atom. The molecule has 1 aliphatic rings. The molecule has 0 spiro atoms. The van der Waals surface area contributed by atoms with Gasteiger partial charge < -0.3 is 5.32 Å². The third kappa shape index (κ3) is 3.04. The van der Waals surface area contributed by atoms with Gasteiger partial charge in [0.05, 0.1) is 11.5 Å². The highest BCUT2D eigenvalue weighted by Crippen LogP contribution is 2.23. The van der Waals surface area contributed by atoms with Crippen LogP contribution in [0.15, 0.2) is 24.3 Å². The van der Waals surface area contributed by atoms with Crippen LogP contribution in [0.5, 0.6) is 0 Å². The molecular weight excluding hydrogens is 234 g/mol. The number of nitrogens with zero attached hydrogens (tertiary/aromatic N) is 2. The average Bonchev–Trinajstić information content (AvgIpc) is 2.82. The first-order valence-corrected chi connectivity index (χ1v) is 5.92. The Bertz CT molecular complexity index is 456. The standard InChI is InChI=1S/C12H15N3O3/c16-12(9-14-7-3-4-8-14)13-10-5-1-2-6-11(10)15(17)18/h1-2,5-6H,3-4,7-9H2,(H,13,16). The largest absolute Gasteiger partial charge is 0.319 e. The number of hydrogen-bond acceptors (Lipinski definition) is 4. The second-order valence-corrected chi connectivity index (χ2v) is 4.31. The van der Waals surface area contributed by atoms with E-state index in [-0.39, 0.29) is 17.3 Å². The summed E-state index contributed by atoms with van der Waals surface area (Å²) in [5, 5.41) is 13.4. The van der Waals surface area contributed by atoms with Gasteiger partial charge in [-0.3, -0.25) is 19.8 Å². The Labute approximate surface area is 105 Å². The van der Waals surface area contributed by atoms with Crippen LogP contribution < -0.4 is 5.32 Å². The van der Waals surface area contributed by atoms with Crippen LogP contribution in [0, 0.1) is 10.1 Å². The number of nitrogens with one attached hydrogen (secondary N) is 1. The van der Waals surface area contributed by atoms with Crippen molar-refractivity contribution in [3.05, 3.63) is 34.4 Å². The van der Waals surface area contributed by atoms with Crippen molar-refractivity contribution in [3.8, 4) is 0 Å². The maximum Gasteiger partial charge on any atom is 0.292 e. The number of carbonyl (C=O) groups excluding carboxylic acids is 1. The molecule has 1 N–H and O–H groups in total. The third-order valence-corrected chi connectivity index (χ3v) is 2.94. The van der Waals surface area contributed by atoms with Crippen LogP contribution in [0.25, 0.3) is 0 Å². The van der Waals surface area contributed by atoms with Gasteiger partial charge in [0, 0.05) is 6.07 Å². The fraction of sp³-hybridized carbons (Fsp3) is 0.417. The number of benzene rings is 1. The minimum absolute atomic E-state index is 0.0766. The van der Waals surface area contributed by atoms with Crippen molar-refractivity contribution < 1.29 is 9.72 Å². The van der Waals surface area contributed by atoms with Crippen molar-refractivity contribution in [2.24, 2.45) is 0 Å². The summed E-state index contributed by atoms with van der Waals surface area (Å²) in [6.45, 7) is 2.14. The van der Waals surface area contributed by atoms with E-state index < -0.39 is 4.92 Å². The molecule has 1 fully saturated rings. The zero-order chi connectivity index (χ0) is 13.0. The first-order valence-electron chi connectivity index (χ1n) is 5.92. The lowest BCUT2D eigenvalue weighted by Crippen LogP contribution is -2.31. The quantitative estimate of drug-likeness (QED) is 0.650. The average molecular weight is 249 g/mol. The SMILES string of the molecule is O=C(CN1CCCC1)Nc1ccccc1[N+](=O)[O-]. The Morgan fingerprint density at radius 1 is 1.33 bits per heavy atom. The molecule has 0 unspecified atom stereocenters. The fourth-order valence-corrected chi connectivity index (χ4v) is 2.07. The van der Waals surface area contributed by atoms with Crippen molar-refractivity contribution in [1.82, 2.24) is 4.90 Å². The van der Waals surface area contributed by atoms with E-state index >= 15 is 0 Å². The van der Waals surface area contributed by atoms with E-state index in [4.69, 9.17) is 0 Å². The van der Waals surface area contributed by atoms with Crippen LogP contribution in [0.1, 0.15) is 12.8 Å². The predicted octanol–water partition coefficient (Wildman–Crippen LogP) is 1.63. The van der Waals surface area contributed by atoms with E-state index in [0.717, 1.165) is 25.9 Å². The molecule has 0 aliphatic carbocycles. The van der Waals surface area contributed by atoms with Gasteiger partial charge in [-0.1, -0.05) is 12.1 Å². The smallest absolute Gasteiger partial charge is 0.292 e. The molecule has 18 heavy (non-hydrogen) atoms. The molecule has 0 saturated carbocycles. The highest BCUT2D eigenvalue weighted by atomic mass is 16.6. The molecule has 1 aromatic carbocycles. The molecule has 1 saturated heterocycles. The van der Waals surface area contributed by atoms with Gasteiger partial charge in [-0.15, -0.1) is 0 Å². The van der Waals surface area contributed by atoms with Crippen molar-refractivity contribution in [1.29, 1.82) is 0 Å². The molecule has 6 heteroatoms. The van der Waals surface area contributed by atoms with E-state index in [9.17, 15) is 14.9 Å². The highest BCUT2D eigenvalue weighted by molar-refractivity contribution is 5.94. The number of hydrogen-bond donors (Lipinski definition) is 1. The van der Waals surface area contributed by atoms with E-state index in [1.54, 1.807) is 18.2 Å². The van der Waals surface area contributed by atoms with Crippen molar-refractivity contribution in [2.45, 2.75) is 12.8 Å². The Balaban J connectivity index is 2.00. The minimum atomic E-state index is -0.495. The molecule has 2 rings (SSSR count). The number of anilines is 1. The van der Waals surface area contributed by atoms with Gasteiger partial charge in [0.1, 0.15) is 5.69 Å². The first kappa shape index (κ1) is 12.5. The summed E-state index contributed by atoms with van der Waals surface area (Å²) in [5.41, 5.74) is 0.180. The number of nitro groups is 1. The Hall–Kier alpha value is -1.95. The van der Waals surface area contributed by atoms with Crippen LogP contribution in [0.4, 0.5) is 11.4 Å². The van der Waals surface area contributed by atoms with Gasteiger partial charge in [0.15, 0.2) is 0 Å². The number of nitro benzene ring substituents is 1. The third-order valence-electron chi connectivity index (χ3n) is 2.94. The van der Waals surface area contributed by atoms with E-state index in [1.807, 2.05) is 4.90 Å². The van der Waals surface area contributed by atoms with Crippen molar-refractivity contribution in [2.75, 3.05) is 25.0 Å².